The van der Waals surface area contributed by atoms with Crippen molar-refractivity contribution in [1.29, 1.82) is 0 Å². The van der Waals surface area contributed by atoms with Crippen LogP contribution < -0.4 is 0 Å². The molecular formula is C55H47N3O. The number of rotatable bonds is 7. The van der Waals surface area contributed by atoms with Gasteiger partial charge in [0.05, 0.1) is 28.0 Å². The molecule has 7 aromatic carbocycles. The molecule has 9 rings (SSSR count). The van der Waals surface area contributed by atoms with Gasteiger partial charge in [-0.3, -0.25) is 9.55 Å². The standard InChI is InChI=1S/C55H47N3O/c1-35-20-25-50(47(29-35)41-16-11-8-12-17-41)58-51-19-13-18-46(52(51)57-54(58)48-30-36(2)28-37(3)53(48)59)43-31-44(33-45(32-43)55(4,5)6)49-34-42(26-27-56-49)40-23-21-39(22-24-40)38-14-9-7-10-15-38/h7-34,59H,1-6H3/i1D3. The maximum Gasteiger partial charge on any atom is 0.149 e. The summed E-state index contributed by atoms with van der Waals surface area (Å²) in [6.45, 7) is 8.26. The summed E-state index contributed by atoms with van der Waals surface area (Å²) in [7, 11) is 0. The third-order valence-corrected chi connectivity index (χ3v) is 11.2. The van der Waals surface area contributed by atoms with Gasteiger partial charge in [0.1, 0.15) is 11.6 Å². The molecule has 0 saturated carbocycles. The monoisotopic (exact) mass is 768 g/mol. The largest absolute Gasteiger partial charge is 0.507 e. The summed E-state index contributed by atoms with van der Waals surface area (Å²) in [5.41, 5.74) is 15.8. The Kier molecular flexibility index (Phi) is 8.68. The first-order chi connectivity index (χ1) is 29.7. The highest BCUT2D eigenvalue weighted by Crippen LogP contribution is 2.43. The van der Waals surface area contributed by atoms with Crippen molar-refractivity contribution in [3.8, 4) is 78.6 Å². The molecule has 2 heterocycles. The van der Waals surface area contributed by atoms with Crippen LogP contribution in [-0.4, -0.2) is 19.6 Å². The van der Waals surface area contributed by atoms with E-state index in [2.05, 4.69) is 110 Å². The summed E-state index contributed by atoms with van der Waals surface area (Å²) < 4.78 is 27.0. The van der Waals surface area contributed by atoms with E-state index in [1.165, 1.54) is 11.1 Å². The summed E-state index contributed by atoms with van der Waals surface area (Å²) in [4.78, 5) is 10.4. The van der Waals surface area contributed by atoms with Gasteiger partial charge in [0.2, 0.25) is 0 Å². The molecular weight excluding hydrogens is 719 g/mol. The van der Waals surface area contributed by atoms with Crippen LogP contribution in [0.25, 0.3) is 83.9 Å². The smallest absolute Gasteiger partial charge is 0.149 e. The SMILES string of the molecule is [2H]C([2H])([2H])c1ccc(-n2c(-c3cc(C)cc(C)c3O)nc3c(-c4cc(-c5cc(-c6ccc(-c7ccccc7)cc6)ccn5)cc(C(C)(C)C)c4)cccc32)c(-c2ccccc2)c1. The van der Waals surface area contributed by atoms with Crippen LogP contribution in [0.1, 0.15) is 47.1 Å². The highest BCUT2D eigenvalue weighted by atomic mass is 16.3. The highest BCUT2D eigenvalue weighted by Gasteiger charge is 2.24. The first kappa shape index (κ1) is 34.0. The van der Waals surface area contributed by atoms with E-state index in [1.807, 2.05) is 86.8 Å². The minimum absolute atomic E-state index is 0.145. The molecule has 0 spiro atoms. The number of hydrogen-bond acceptors (Lipinski definition) is 3. The molecule has 59 heavy (non-hydrogen) atoms. The Hall–Kier alpha value is -7.04. The Morgan fingerprint density at radius 1 is 0.542 bits per heavy atom. The fourth-order valence-corrected chi connectivity index (χ4v) is 8.08. The molecule has 0 saturated heterocycles. The summed E-state index contributed by atoms with van der Waals surface area (Å²) in [5, 5.41) is 11.7. The lowest BCUT2D eigenvalue weighted by atomic mass is 9.83. The van der Waals surface area contributed by atoms with Crippen LogP contribution in [0.15, 0.2) is 170 Å². The molecule has 0 aliphatic carbocycles. The van der Waals surface area contributed by atoms with E-state index < -0.39 is 6.85 Å². The fourth-order valence-electron chi connectivity index (χ4n) is 8.08. The first-order valence-corrected chi connectivity index (χ1v) is 20.0. The molecule has 0 amide bonds. The van der Waals surface area contributed by atoms with Crippen LogP contribution in [0.3, 0.4) is 0 Å². The number of aromatic hydroxyl groups is 1. The zero-order valence-electron chi connectivity index (χ0n) is 37.0. The number of phenols is 1. The van der Waals surface area contributed by atoms with E-state index in [0.717, 1.165) is 78.0 Å². The second kappa shape index (κ2) is 15.0. The van der Waals surface area contributed by atoms with E-state index in [9.17, 15) is 5.11 Å². The molecule has 288 valence electrons. The lowest BCUT2D eigenvalue weighted by Gasteiger charge is -2.22. The van der Waals surface area contributed by atoms with E-state index >= 15 is 0 Å². The molecule has 0 aliphatic heterocycles. The fraction of sp³-hybridized carbons (Fsp3) is 0.127. The van der Waals surface area contributed by atoms with Crippen LogP contribution in [-0.2, 0) is 5.41 Å². The quantitative estimate of drug-likeness (QED) is 0.176. The summed E-state index contributed by atoms with van der Waals surface area (Å²) >= 11 is 0. The topological polar surface area (TPSA) is 50.9 Å². The zero-order valence-corrected chi connectivity index (χ0v) is 34.0. The number of imidazole rings is 1. The van der Waals surface area contributed by atoms with Crippen molar-refractivity contribution >= 4 is 11.0 Å². The zero-order chi connectivity index (χ0) is 43.3. The van der Waals surface area contributed by atoms with Crippen molar-refractivity contribution in [2.45, 2.75) is 46.9 Å². The summed E-state index contributed by atoms with van der Waals surface area (Å²) in [5.74, 6) is 0.696. The number of para-hydroxylation sites is 1. The van der Waals surface area contributed by atoms with Crippen LogP contribution in [0.4, 0.5) is 0 Å². The Bertz CT molecular complexity index is 3110. The number of phenolic OH excluding ortho intramolecular Hbond substituents is 1. The molecule has 4 nitrogen and oxygen atoms in total. The van der Waals surface area contributed by atoms with Crippen LogP contribution >= 0.6 is 0 Å². The molecule has 4 heteroatoms. The Balaban J connectivity index is 1.25. The number of nitrogens with zero attached hydrogens (tertiary/aromatic N) is 3. The van der Waals surface area contributed by atoms with Gasteiger partial charge in [0, 0.05) is 27.0 Å². The Labute approximate surface area is 351 Å². The van der Waals surface area contributed by atoms with E-state index in [4.69, 9.17) is 14.1 Å². The van der Waals surface area contributed by atoms with Crippen LogP contribution in [0.5, 0.6) is 5.75 Å². The van der Waals surface area contributed by atoms with Gasteiger partial charge in [0.15, 0.2) is 0 Å². The molecule has 0 fully saturated rings. The Morgan fingerprint density at radius 2 is 1.20 bits per heavy atom. The van der Waals surface area contributed by atoms with Crippen LogP contribution in [0.2, 0.25) is 0 Å². The molecule has 1 N–H and O–H groups in total. The van der Waals surface area contributed by atoms with Gasteiger partial charge >= 0.3 is 0 Å². The average molecular weight is 769 g/mol. The third-order valence-electron chi connectivity index (χ3n) is 11.2. The second-order valence-electron chi connectivity index (χ2n) is 16.4. The summed E-state index contributed by atoms with van der Waals surface area (Å²) in [6, 6.07) is 55.2. The predicted molar refractivity (Wildman–Crippen MR) is 246 cm³/mol. The van der Waals surface area contributed by atoms with Crippen molar-refractivity contribution in [1.82, 2.24) is 14.5 Å². The highest BCUT2D eigenvalue weighted by molar-refractivity contribution is 5.98. The lowest BCUT2D eigenvalue weighted by molar-refractivity contribution is 0.472. The number of benzene rings is 7. The van der Waals surface area contributed by atoms with Crippen molar-refractivity contribution in [2.24, 2.45) is 0 Å². The molecule has 0 radical (unpaired) electrons. The summed E-state index contributed by atoms with van der Waals surface area (Å²) in [6.07, 6.45) is 1.88. The van der Waals surface area contributed by atoms with Gasteiger partial charge in [-0.2, -0.15) is 0 Å². The van der Waals surface area contributed by atoms with Crippen molar-refractivity contribution in [2.75, 3.05) is 0 Å². The minimum atomic E-state index is -2.31. The molecule has 9 aromatic rings. The molecule has 0 atom stereocenters. The van der Waals surface area contributed by atoms with Gasteiger partial charge in [-0.15, -0.1) is 0 Å². The molecule has 0 aliphatic rings. The van der Waals surface area contributed by atoms with Crippen molar-refractivity contribution < 1.29 is 9.22 Å². The maximum atomic E-state index is 11.7. The second-order valence-corrected chi connectivity index (χ2v) is 16.4. The number of aromatic nitrogens is 3. The van der Waals surface area contributed by atoms with E-state index in [1.54, 1.807) is 12.1 Å². The van der Waals surface area contributed by atoms with Gasteiger partial charge in [-0.05, 0) is 125 Å². The average Bonchev–Trinajstić information content (AvgIpc) is 3.67. The first-order valence-electron chi connectivity index (χ1n) is 21.5. The molecule has 2 aromatic heterocycles. The third kappa shape index (κ3) is 7.23. The van der Waals surface area contributed by atoms with Crippen LogP contribution in [0, 0.1) is 20.7 Å². The van der Waals surface area contributed by atoms with Gasteiger partial charge in [0.25, 0.3) is 0 Å². The number of pyridine rings is 1. The molecule has 0 bridgehead atoms. The van der Waals surface area contributed by atoms with Gasteiger partial charge < -0.3 is 5.11 Å². The minimum Gasteiger partial charge on any atom is -0.507 e. The number of aryl methyl sites for hydroxylation is 3. The number of hydrogen-bond donors (Lipinski definition) is 1. The normalized spacial score (nSPS) is 12.6. The van der Waals surface area contributed by atoms with Crippen molar-refractivity contribution in [3.63, 3.8) is 0 Å². The van der Waals surface area contributed by atoms with Crippen molar-refractivity contribution in [3.05, 3.63) is 192 Å². The van der Waals surface area contributed by atoms with E-state index in [0.29, 0.717) is 11.4 Å². The number of fused-ring (bicyclic) bond motifs is 1. The van der Waals surface area contributed by atoms with Gasteiger partial charge in [-0.25, -0.2) is 4.98 Å². The lowest BCUT2D eigenvalue weighted by Crippen LogP contribution is -2.11. The van der Waals surface area contributed by atoms with Gasteiger partial charge in [-0.1, -0.05) is 142 Å². The maximum absolute atomic E-state index is 11.7. The molecule has 0 unspecified atom stereocenters. The Morgan fingerprint density at radius 3 is 1.92 bits per heavy atom. The van der Waals surface area contributed by atoms with E-state index in [-0.39, 0.29) is 16.7 Å². The predicted octanol–water partition coefficient (Wildman–Crippen LogP) is 14.4.